The summed E-state index contributed by atoms with van der Waals surface area (Å²) in [5.41, 5.74) is 0.777. The molecule has 5 heteroatoms. The van der Waals surface area contributed by atoms with Crippen LogP contribution in [0.25, 0.3) is 6.08 Å². The molecule has 1 heterocycles. The summed E-state index contributed by atoms with van der Waals surface area (Å²) in [6.07, 6.45) is 1.49. The Labute approximate surface area is 92.8 Å². The van der Waals surface area contributed by atoms with Crippen LogP contribution in [-0.4, -0.2) is 9.91 Å². The number of thiazole rings is 1. The SMILES string of the molecule is CC(=Cc1csc(C(C)(C)C)n1)[N+](=O)[O-]. The molecular weight excluding hydrogens is 212 g/mol. The van der Waals surface area contributed by atoms with Crippen LogP contribution in [0.4, 0.5) is 0 Å². The van der Waals surface area contributed by atoms with Crippen molar-refractivity contribution in [3.05, 3.63) is 31.9 Å². The van der Waals surface area contributed by atoms with E-state index >= 15 is 0 Å². The minimum absolute atomic E-state index is 0.000716. The molecule has 4 nitrogen and oxygen atoms in total. The molecule has 0 N–H and O–H groups in total. The van der Waals surface area contributed by atoms with Crippen LogP contribution in [0.15, 0.2) is 11.1 Å². The first-order valence-electron chi connectivity index (χ1n) is 4.59. The first-order valence-corrected chi connectivity index (χ1v) is 5.47. The molecular formula is C10H14N2O2S. The summed E-state index contributed by atoms with van der Waals surface area (Å²) in [5.74, 6) is 0. The van der Waals surface area contributed by atoms with Crippen molar-refractivity contribution >= 4 is 17.4 Å². The Morgan fingerprint density at radius 2 is 2.20 bits per heavy atom. The zero-order valence-corrected chi connectivity index (χ0v) is 10.1. The van der Waals surface area contributed by atoms with Gasteiger partial charge in [-0.1, -0.05) is 20.8 Å². The van der Waals surface area contributed by atoms with E-state index in [9.17, 15) is 10.1 Å². The number of nitrogens with zero attached hydrogens (tertiary/aromatic N) is 2. The van der Waals surface area contributed by atoms with Crippen LogP contribution >= 0.6 is 11.3 Å². The Balaban J connectivity index is 2.96. The lowest BCUT2D eigenvalue weighted by atomic mass is 9.98. The molecule has 0 aliphatic carbocycles. The molecule has 0 saturated carbocycles. The number of allylic oxidation sites excluding steroid dienone is 1. The Bertz CT molecular complexity index is 402. The predicted octanol–water partition coefficient (Wildman–Crippen LogP) is 3.08. The normalized spacial score (nSPS) is 12.9. The summed E-state index contributed by atoms with van der Waals surface area (Å²) in [7, 11) is 0. The second-order valence-electron chi connectivity index (χ2n) is 4.37. The first kappa shape index (κ1) is 11.8. The van der Waals surface area contributed by atoms with Crippen LogP contribution in [0, 0.1) is 10.1 Å². The number of nitro groups is 1. The molecule has 0 fully saturated rings. The van der Waals surface area contributed by atoms with E-state index in [-0.39, 0.29) is 11.1 Å². The topological polar surface area (TPSA) is 56.0 Å². The molecule has 0 aliphatic heterocycles. The van der Waals surface area contributed by atoms with Crippen LogP contribution in [0.3, 0.4) is 0 Å². The smallest absolute Gasteiger partial charge is 0.245 e. The van der Waals surface area contributed by atoms with Gasteiger partial charge in [0.05, 0.1) is 15.6 Å². The van der Waals surface area contributed by atoms with Crippen molar-refractivity contribution in [3.63, 3.8) is 0 Å². The summed E-state index contributed by atoms with van der Waals surface area (Å²) in [5, 5.41) is 13.3. The molecule has 82 valence electrons. The van der Waals surface area contributed by atoms with E-state index in [2.05, 4.69) is 25.8 Å². The highest BCUT2D eigenvalue weighted by molar-refractivity contribution is 7.09. The van der Waals surface area contributed by atoms with Crippen molar-refractivity contribution in [2.75, 3.05) is 0 Å². The molecule has 0 saturated heterocycles. The summed E-state index contributed by atoms with van der Waals surface area (Å²) in [4.78, 5) is 14.4. The predicted molar refractivity (Wildman–Crippen MR) is 61.5 cm³/mol. The zero-order chi connectivity index (χ0) is 11.6. The molecule has 0 bridgehead atoms. The highest BCUT2D eigenvalue weighted by Crippen LogP contribution is 2.26. The lowest BCUT2D eigenvalue weighted by molar-refractivity contribution is -0.422. The van der Waals surface area contributed by atoms with Gasteiger partial charge in [-0.15, -0.1) is 11.3 Å². The molecule has 0 unspecified atom stereocenters. The second kappa shape index (κ2) is 4.10. The van der Waals surface area contributed by atoms with Gasteiger partial charge in [-0.25, -0.2) is 4.98 Å². The molecule has 0 aliphatic rings. The molecule has 1 aromatic heterocycles. The van der Waals surface area contributed by atoms with Crippen LogP contribution in [0.5, 0.6) is 0 Å². The Morgan fingerprint density at radius 3 is 2.60 bits per heavy atom. The maximum atomic E-state index is 10.4. The fourth-order valence-electron chi connectivity index (χ4n) is 0.964. The standard InChI is InChI=1S/C10H14N2O2S/c1-7(12(13)14)5-8-6-15-9(11-8)10(2,3)4/h5-6H,1-4H3. The van der Waals surface area contributed by atoms with E-state index in [1.165, 1.54) is 24.3 Å². The zero-order valence-electron chi connectivity index (χ0n) is 9.27. The van der Waals surface area contributed by atoms with Crippen molar-refractivity contribution in [2.24, 2.45) is 0 Å². The van der Waals surface area contributed by atoms with Crippen LogP contribution in [0.1, 0.15) is 38.4 Å². The minimum atomic E-state index is -0.407. The van der Waals surface area contributed by atoms with Gasteiger partial charge in [-0.2, -0.15) is 0 Å². The van der Waals surface area contributed by atoms with Crippen molar-refractivity contribution in [1.29, 1.82) is 0 Å². The van der Waals surface area contributed by atoms with Crippen LogP contribution in [0.2, 0.25) is 0 Å². The van der Waals surface area contributed by atoms with Gasteiger partial charge in [0.25, 0.3) is 0 Å². The van der Waals surface area contributed by atoms with Crippen LogP contribution in [-0.2, 0) is 5.41 Å². The molecule has 1 rings (SSSR count). The van der Waals surface area contributed by atoms with E-state index in [1.54, 1.807) is 0 Å². The van der Waals surface area contributed by atoms with Gasteiger partial charge in [0.2, 0.25) is 5.70 Å². The van der Waals surface area contributed by atoms with Crippen LogP contribution < -0.4 is 0 Å². The average Bonchev–Trinajstić information content (AvgIpc) is 2.51. The first-order chi connectivity index (χ1) is 6.80. The van der Waals surface area contributed by atoms with Gasteiger partial charge in [0.1, 0.15) is 0 Å². The van der Waals surface area contributed by atoms with Crippen molar-refractivity contribution in [1.82, 2.24) is 4.98 Å². The summed E-state index contributed by atoms with van der Waals surface area (Å²) >= 11 is 1.53. The Kier molecular flexibility index (Phi) is 3.24. The van der Waals surface area contributed by atoms with Gasteiger partial charge in [0.15, 0.2) is 0 Å². The molecule has 0 radical (unpaired) electrons. The van der Waals surface area contributed by atoms with Crippen molar-refractivity contribution in [2.45, 2.75) is 33.1 Å². The monoisotopic (exact) mass is 226 g/mol. The highest BCUT2D eigenvalue weighted by atomic mass is 32.1. The number of hydrogen-bond donors (Lipinski definition) is 0. The van der Waals surface area contributed by atoms with E-state index in [4.69, 9.17) is 0 Å². The number of rotatable bonds is 2. The largest absolute Gasteiger partial charge is 0.259 e. The van der Waals surface area contributed by atoms with E-state index < -0.39 is 4.92 Å². The summed E-state index contributed by atoms with van der Waals surface area (Å²) in [6.45, 7) is 7.68. The molecule has 0 aromatic carbocycles. The van der Waals surface area contributed by atoms with Gasteiger partial charge in [-0.05, 0) is 0 Å². The lowest BCUT2D eigenvalue weighted by Crippen LogP contribution is -2.10. The van der Waals surface area contributed by atoms with Gasteiger partial charge in [0, 0.05) is 23.8 Å². The third-order valence-corrected chi connectivity index (χ3v) is 3.09. The van der Waals surface area contributed by atoms with E-state index in [0.29, 0.717) is 5.69 Å². The molecule has 15 heavy (non-hydrogen) atoms. The van der Waals surface area contributed by atoms with Gasteiger partial charge in [-0.3, -0.25) is 10.1 Å². The Morgan fingerprint density at radius 1 is 1.60 bits per heavy atom. The molecule has 0 atom stereocenters. The van der Waals surface area contributed by atoms with Gasteiger partial charge < -0.3 is 0 Å². The average molecular weight is 226 g/mol. The quantitative estimate of drug-likeness (QED) is 0.575. The van der Waals surface area contributed by atoms with Crippen molar-refractivity contribution < 1.29 is 4.92 Å². The summed E-state index contributed by atoms with van der Waals surface area (Å²) < 4.78 is 0. The third-order valence-electron chi connectivity index (χ3n) is 1.81. The lowest BCUT2D eigenvalue weighted by Gasteiger charge is -2.13. The summed E-state index contributed by atoms with van der Waals surface area (Å²) in [6, 6.07) is 0. The number of aromatic nitrogens is 1. The highest BCUT2D eigenvalue weighted by Gasteiger charge is 2.17. The molecule has 1 aromatic rings. The number of hydrogen-bond acceptors (Lipinski definition) is 4. The second-order valence-corrected chi connectivity index (χ2v) is 5.23. The van der Waals surface area contributed by atoms with E-state index in [0.717, 1.165) is 5.01 Å². The minimum Gasteiger partial charge on any atom is -0.259 e. The van der Waals surface area contributed by atoms with Gasteiger partial charge >= 0.3 is 0 Å². The fourth-order valence-corrected chi connectivity index (χ4v) is 1.83. The van der Waals surface area contributed by atoms with E-state index in [1.807, 2.05) is 5.38 Å². The Hall–Kier alpha value is -1.23. The fraction of sp³-hybridized carbons (Fsp3) is 0.500. The molecule has 0 spiro atoms. The maximum Gasteiger partial charge on any atom is 0.245 e. The third kappa shape index (κ3) is 3.13. The molecule has 0 amide bonds. The van der Waals surface area contributed by atoms with Crippen molar-refractivity contribution in [3.8, 4) is 0 Å². The maximum absolute atomic E-state index is 10.4.